The molecule has 3 heterocycles. The van der Waals surface area contributed by atoms with Gasteiger partial charge >= 0.3 is 0 Å². The van der Waals surface area contributed by atoms with Crippen molar-refractivity contribution in [3.63, 3.8) is 0 Å². The number of piperidine rings is 1. The number of fused-ring (bicyclic) bond motifs is 1. The molecule has 0 spiro atoms. The lowest BCUT2D eigenvalue weighted by Gasteiger charge is -2.33. The maximum absolute atomic E-state index is 13.0. The lowest BCUT2D eigenvalue weighted by molar-refractivity contribution is -0.120. The molecule has 5 rings (SSSR count). The molecule has 1 aromatic heterocycles. The summed E-state index contributed by atoms with van der Waals surface area (Å²) >= 11 is 0. The van der Waals surface area contributed by atoms with E-state index in [1.807, 2.05) is 30.3 Å². The number of nitrogens with one attached hydrogen (secondary N) is 2. The fourth-order valence-electron chi connectivity index (χ4n) is 5.05. The van der Waals surface area contributed by atoms with Crippen LogP contribution in [0.3, 0.4) is 0 Å². The topological polar surface area (TPSA) is 98.4 Å². The average molecular weight is 496 g/mol. The van der Waals surface area contributed by atoms with Crippen molar-refractivity contribution in [2.24, 2.45) is 5.92 Å². The highest BCUT2D eigenvalue weighted by Gasteiger charge is 2.36. The van der Waals surface area contributed by atoms with Gasteiger partial charge in [0.1, 0.15) is 5.82 Å². The quantitative estimate of drug-likeness (QED) is 0.523. The van der Waals surface area contributed by atoms with Gasteiger partial charge in [0.05, 0.1) is 17.0 Å². The van der Waals surface area contributed by atoms with Crippen LogP contribution in [0.1, 0.15) is 42.6 Å². The molecule has 0 saturated carbocycles. The summed E-state index contributed by atoms with van der Waals surface area (Å²) in [6.45, 7) is 3.96. The van der Waals surface area contributed by atoms with Crippen molar-refractivity contribution in [1.29, 1.82) is 0 Å². The van der Waals surface area contributed by atoms with Crippen molar-refractivity contribution in [1.82, 2.24) is 18.6 Å². The zero-order chi connectivity index (χ0) is 24.4. The standard InChI is InChI=1S/C26H33N5O3S/c1-19-9-11-23-24(16-19)29-25(28-23)12-10-20-6-4-8-22(17-20)27-26(32)21-7-5-15-31(18-21)35(33,34)30-13-2-3-14-30/h4,6,8-9,11,16-17,21H,2-3,5,7,10,12-15,18H2,1H3,(H,27,32)(H,28,29). The number of carbonyl (C=O) groups excluding carboxylic acids is 1. The Morgan fingerprint density at radius 2 is 1.86 bits per heavy atom. The first kappa shape index (κ1) is 24.0. The predicted octanol–water partition coefficient (Wildman–Crippen LogP) is 3.65. The zero-order valence-corrected chi connectivity index (χ0v) is 21.0. The predicted molar refractivity (Wildman–Crippen MR) is 137 cm³/mol. The molecule has 2 aliphatic heterocycles. The Morgan fingerprint density at radius 3 is 2.69 bits per heavy atom. The minimum atomic E-state index is -3.48. The van der Waals surface area contributed by atoms with Crippen LogP contribution in [0.5, 0.6) is 0 Å². The summed E-state index contributed by atoms with van der Waals surface area (Å²) < 4.78 is 28.9. The van der Waals surface area contributed by atoms with Crippen LogP contribution in [0.4, 0.5) is 5.69 Å². The van der Waals surface area contributed by atoms with Gasteiger partial charge in [-0.3, -0.25) is 4.79 Å². The molecule has 3 aromatic rings. The average Bonchev–Trinajstić information content (AvgIpc) is 3.53. The van der Waals surface area contributed by atoms with Crippen molar-refractivity contribution < 1.29 is 13.2 Å². The van der Waals surface area contributed by atoms with Gasteiger partial charge < -0.3 is 10.3 Å². The summed E-state index contributed by atoms with van der Waals surface area (Å²) in [5.41, 5.74) is 5.08. The van der Waals surface area contributed by atoms with Crippen LogP contribution in [-0.4, -0.2) is 59.1 Å². The van der Waals surface area contributed by atoms with E-state index >= 15 is 0 Å². The summed E-state index contributed by atoms with van der Waals surface area (Å²) in [6.07, 6.45) is 4.78. The SMILES string of the molecule is Cc1ccc2nc(CCc3cccc(NC(=O)C4CCCN(S(=O)(=O)N5CCCC5)C4)c3)[nH]c2c1. The second kappa shape index (κ2) is 10.1. The van der Waals surface area contributed by atoms with Crippen LogP contribution in [0.25, 0.3) is 11.0 Å². The third-order valence-electron chi connectivity index (χ3n) is 7.00. The summed E-state index contributed by atoms with van der Waals surface area (Å²) in [5, 5.41) is 3.02. The van der Waals surface area contributed by atoms with Crippen molar-refractivity contribution >= 4 is 32.8 Å². The summed E-state index contributed by atoms with van der Waals surface area (Å²) in [6, 6.07) is 14.1. The summed E-state index contributed by atoms with van der Waals surface area (Å²) in [7, 11) is -3.48. The minimum Gasteiger partial charge on any atom is -0.342 e. The first-order chi connectivity index (χ1) is 16.9. The molecule has 35 heavy (non-hydrogen) atoms. The molecule has 1 unspecified atom stereocenters. The molecular formula is C26H33N5O3S. The van der Waals surface area contributed by atoms with Gasteiger partial charge in [0, 0.05) is 38.3 Å². The van der Waals surface area contributed by atoms with Crippen LogP contribution in [0.2, 0.25) is 0 Å². The van der Waals surface area contributed by atoms with E-state index < -0.39 is 10.2 Å². The number of imidazole rings is 1. The highest BCUT2D eigenvalue weighted by atomic mass is 32.2. The van der Waals surface area contributed by atoms with Gasteiger partial charge in [-0.05, 0) is 74.4 Å². The third-order valence-corrected chi connectivity index (χ3v) is 9.01. The number of aromatic nitrogens is 2. The normalized spacial score (nSPS) is 19.9. The Morgan fingerprint density at radius 1 is 1.06 bits per heavy atom. The van der Waals surface area contributed by atoms with Crippen LogP contribution >= 0.6 is 0 Å². The van der Waals surface area contributed by atoms with Gasteiger partial charge in [-0.25, -0.2) is 4.98 Å². The number of hydrogen-bond donors (Lipinski definition) is 2. The van der Waals surface area contributed by atoms with Crippen molar-refractivity contribution in [3.8, 4) is 0 Å². The number of benzene rings is 2. The Labute approximate surface area is 206 Å². The number of hydrogen-bond acceptors (Lipinski definition) is 4. The number of nitrogens with zero attached hydrogens (tertiary/aromatic N) is 3. The second-order valence-corrected chi connectivity index (χ2v) is 11.6. The van der Waals surface area contributed by atoms with Gasteiger partial charge in [0.25, 0.3) is 10.2 Å². The Hall–Kier alpha value is -2.75. The van der Waals surface area contributed by atoms with Gasteiger partial charge in [0.15, 0.2) is 0 Å². The molecule has 0 radical (unpaired) electrons. The number of rotatable bonds is 7. The molecule has 2 aliphatic rings. The van der Waals surface area contributed by atoms with Gasteiger partial charge in [-0.15, -0.1) is 0 Å². The number of aromatic amines is 1. The van der Waals surface area contributed by atoms with E-state index in [9.17, 15) is 13.2 Å². The molecule has 8 nitrogen and oxygen atoms in total. The molecule has 2 saturated heterocycles. The molecular weight excluding hydrogens is 462 g/mol. The molecule has 0 bridgehead atoms. The lowest BCUT2D eigenvalue weighted by atomic mass is 9.98. The number of H-pyrrole nitrogens is 1. The first-order valence-corrected chi connectivity index (χ1v) is 13.9. The maximum atomic E-state index is 13.0. The molecule has 1 amide bonds. The van der Waals surface area contributed by atoms with Crippen LogP contribution in [0.15, 0.2) is 42.5 Å². The van der Waals surface area contributed by atoms with E-state index in [4.69, 9.17) is 0 Å². The van der Waals surface area contributed by atoms with Crippen molar-refractivity contribution in [2.45, 2.75) is 45.4 Å². The Bertz CT molecular complexity index is 1310. The highest BCUT2D eigenvalue weighted by Crippen LogP contribution is 2.25. The third kappa shape index (κ3) is 5.42. The Kier molecular flexibility index (Phi) is 6.91. The molecule has 186 valence electrons. The minimum absolute atomic E-state index is 0.115. The second-order valence-electron chi connectivity index (χ2n) is 9.70. The van der Waals surface area contributed by atoms with Crippen molar-refractivity contribution in [2.75, 3.05) is 31.5 Å². The smallest absolute Gasteiger partial charge is 0.281 e. The lowest BCUT2D eigenvalue weighted by Crippen LogP contribution is -2.49. The van der Waals surface area contributed by atoms with Gasteiger partial charge in [0.2, 0.25) is 5.91 Å². The molecule has 0 aliphatic carbocycles. The van der Waals surface area contributed by atoms with E-state index in [1.54, 1.807) is 4.31 Å². The largest absolute Gasteiger partial charge is 0.342 e. The molecule has 2 N–H and O–H groups in total. The van der Waals surface area contributed by atoms with E-state index in [2.05, 4.69) is 34.3 Å². The first-order valence-electron chi connectivity index (χ1n) is 12.5. The van der Waals surface area contributed by atoms with Gasteiger partial charge in [-0.2, -0.15) is 17.0 Å². The zero-order valence-electron chi connectivity index (χ0n) is 20.2. The number of amides is 1. The summed E-state index contributed by atoms with van der Waals surface area (Å²) in [4.78, 5) is 21.1. The van der Waals surface area contributed by atoms with Crippen molar-refractivity contribution in [3.05, 3.63) is 59.4 Å². The molecule has 9 heteroatoms. The fourth-order valence-corrected chi connectivity index (χ4v) is 6.83. The van der Waals surface area contributed by atoms with E-state index in [-0.39, 0.29) is 18.4 Å². The van der Waals surface area contributed by atoms with Crippen LogP contribution in [-0.2, 0) is 27.8 Å². The molecule has 2 aromatic carbocycles. The number of anilines is 1. The molecule has 1 atom stereocenters. The van der Waals surface area contributed by atoms with E-state index in [0.717, 1.165) is 53.8 Å². The highest BCUT2D eigenvalue weighted by molar-refractivity contribution is 7.86. The van der Waals surface area contributed by atoms with Crippen LogP contribution < -0.4 is 5.32 Å². The Balaban J connectivity index is 1.19. The molecule has 2 fully saturated rings. The van der Waals surface area contributed by atoms with E-state index in [0.29, 0.717) is 32.5 Å². The van der Waals surface area contributed by atoms with Crippen LogP contribution in [0, 0.1) is 12.8 Å². The van der Waals surface area contributed by atoms with E-state index in [1.165, 1.54) is 9.87 Å². The monoisotopic (exact) mass is 495 g/mol. The maximum Gasteiger partial charge on any atom is 0.281 e. The van der Waals surface area contributed by atoms with Gasteiger partial charge in [-0.1, -0.05) is 18.2 Å². The number of aryl methyl sites for hydroxylation is 3. The number of carbonyl (C=O) groups is 1. The fraction of sp³-hybridized carbons (Fsp3) is 0.462. The summed E-state index contributed by atoms with van der Waals surface area (Å²) in [5.74, 6) is 0.487.